The Labute approximate surface area is 189 Å². The quantitative estimate of drug-likeness (QED) is 0.590. The number of hydrogen-bond donors (Lipinski definition) is 1. The molecule has 1 unspecified atom stereocenters. The monoisotopic (exact) mass is 433 g/mol. The van der Waals surface area contributed by atoms with Gasteiger partial charge in [0.25, 0.3) is 0 Å². The average Bonchev–Trinajstić information content (AvgIpc) is 3.06. The van der Waals surface area contributed by atoms with Crippen molar-refractivity contribution in [1.29, 1.82) is 0 Å². The van der Waals surface area contributed by atoms with Crippen LogP contribution in [0.25, 0.3) is 16.5 Å². The number of nitrogens with zero attached hydrogens (tertiary/aromatic N) is 4. The van der Waals surface area contributed by atoms with E-state index in [-0.39, 0.29) is 6.04 Å². The van der Waals surface area contributed by atoms with Crippen molar-refractivity contribution in [3.05, 3.63) is 59.7 Å². The van der Waals surface area contributed by atoms with Crippen LogP contribution in [-0.4, -0.2) is 53.0 Å². The van der Waals surface area contributed by atoms with E-state index in [4.69, 9.17) is 9.47 Å². The van der Waals surface area contributed by atoms with Crippen molar-refractivity contribution >= 4 is 16.6 Å². The average molecular weight is 434 g/mol. The Kier molecular flexibility index (Phi) is 6.08. The first-order valence-electron chi connectivity index (χ1n) is 10.9. The summed E-state index contributed by atoms with van der Waals surface area (Å²) < 4.78 is 13.6. The number of aromatic nitrogens is 3. The molecular weight excluding hydrogens is 402 g/mol. The SMILES string of the molecule is CCOc1ccc(-n2c(C)c3c(C)nnc(NCC4C=CC=CN4C)c3c2C)c(OC)c1. The van der Waals surface area contributed by atoms with Crippen molar-refractivity contribution in [3.63, 3.8) is 0 Å². The summed E-state index contributed by atoms with van der Waals surface area (Å²) in [5, 5.41) is 14.7. The molecule has 0 saturated heterocycles. The Balaban J connectivity index is 1.79. The molecule has 0 saturated carbocycles. The number of nitrogens with one attached hydrogen (secondary N) is 1. The number of ether oxygens (including phenoxy) is 2. The summed E-state index contributed by atoms with van der Waals surface area (Å²) in [4.78, 5) is 2.18. The van der Waals surface area contributed by atoms with Gasteiger partial charge in [0.2, 0.25) is 0 Å². The van der Waals surface area contributed by atoms with Crippen molar-refractivity contribution < 1.29 is 9.47 Å². The highest BCUT2D eigenvalue weighted by atomic mass is 16.5. The highest BCUT2D eigenvalue weighted by molar-refractivity contribution is 5.98. The zero-order chi connectivity index (χ0) is 22.8. The van der Waals surface area contributed by atoms with Crippen LogP contribution < -0.4 is 14.8 Å². The molecule has 1 aliphatic heterocycles. The molecule has 168 valence electrons. The molecule has 1 atom stereocenters. The lowest BCUT2D eigenvalue weighted by atomic mass is 10.1. The third-order valence-corrected chi connectivity index (χ3v) is 6.01. The van der Waals surface area contributed by atoms with Crippen molar-refractivity contribution in [2.75, 3.05) is 32.6 Å². The van der Waals surface area contributed by atoms with E-state index >= 15 is 0 Å². The maximum absolute atomic E-state index is 5.72. The molecule has 0 bridgehead atoms. The van der Waals surface area contributed by atoms with E-state index in [2.05, 4.69) is 64.2 Å². The molecule has 0 radical (unpaired) electrons. The van der Waals surface area contributed by atoms with E-state index in [9.17, 15) is 0 Å². The summed E-state index contributed by atoms with van der Waals surface area (Å²) in [6.45, 7) is 9.56. The fourth-order valence-electron chi connectivity index (χ4n) is 4.42. The predicted molar refractivity (Wildman–Crippen MR) is 129 cm³/mol. The molecule has 7 heteroatoms. The molecule has 4 rings (SSSR count). The second-order valence-electron chi connectivity index (χ2n) is 8.00. The molecule has 0 aliphatic carbocycles. The molecule has 7 nitrogen and oxygen atoms in total. The van der Waals surface area contributed by atoms with E-state index in [0.717, 1.165) is 57.4 Å². The zero-order valence-electron chi connectivity index (χ0n) is 19.6. The first kappa shape index (κ1) is 21.7. The summed E-state index contributed by atoms with van der Waals surface area (Å²) in [6, 6.07) is 6.21. The van der Waals surface area contributed by atoms with Crippen LogP contribution in [0.1, 0.15) is 24.0 Å². The number of rotatable bonds is 7. The third-order valence-electron chi connectivity index (χ3n) is 6.01. The van der Waals surface area contributed by atoms with Crippen LogP contribution in [0.2, 0.25) is 0 Å². The normalized spacial score (nSPS) is 15.4. The minimum Gasteiger partial charge on any atom is -0.494 e. The number of hydrogen-bond acceptors (Lipinski definition) is 6. The minimum absolute atomic E-state index is 0.257. The first-order valence-corrected chi connectivity index (χ1v) is 10.9. The number of allylic oxidation sites excluding steroid dienone is 2. The molecular formula is C25H31N5O2. The second-order valence-corrected chi connectivity index (χ2v) is 8.00. The van der Waals surface area contributed by atoms with Crippen LogP contribution in [0.4, 0.5) is 5.82 Å². The molecule has 1 N–H and O–H groups in total. The number of methoxy groups -OCH3 is 1. The molecule has 0 amide bonds. The van der Waals surface area contributed by atoms with Gasteiger partial charge in [-0.25, -0.2) is 0 Å². The van der Waals surface area contributed by atoms with Crippen LogP contribution in [0.5, 0.6) is 11.5 Å². The van der Waals surface area contributed by atoms with Gasteiger partial charge in [-0.1, -0.05) is 12.2 Å². The van der Waals surface area contributed by atoms with Gasteiger partial charge in [0, 0.05) is 41.8 Å². The van der Waals surface area contributed by atoms with Gasteiger partial charge >= 0.3 is 0 Å². The van der Waals surface area contributed by atoms with E-state index in [1.54, 1.807) is 7.11 Å². The Morgan fingerprint density at radius 2 is 1.84 bits per heavy atom. The van der Waals surface area contributed by atoms with Gasteiger partial charge in [-0.05, 0) is 52.1 Å². The highest BCUT2D eigenvalue weighted by Crippen LogP contribution is 2.37. The molecule has 3 heterocycles. The molecule has 0 spiro atoms. The number of fused-ring (bicyclic) bond motifs is 1. The standard InChI is InChI=1S/C25H31N5O2/c1-7-32-20-11-12-21(22(14-20)31-6)30-17(3)23-16(2)27-28-25(24(23)18(30)4)26-15-19-10-8-9-13-29(19)5/h8-14,19H,7,15H2,1-6H3,(H,26,28). The summed E-state index contributed by atoms with van der Waals surface area (Å²) in [7, 11) is 3.76. The summed E-state index contributed by atoms with van der Waals surface area (Å²) >= 11 is 0. The molecule has 1 aliphatic rings. The smallest absolute Gasteiger partial charge is 0.158 e. The fourth-order valence-corrected chi connectivity index (χ4v) is 4.42. The number of anilines is 1. The summed E-state index contributed by atoms with van der Waals surface area (Å²) in [5.41, 5.74) is 4.07. The number of aryl methyl sites for hydroxylation is 3. The number of likely N-dealkylation sites (N-methyl/N-ethyl adjacent to an activating group) is 1. The van der Waals surface area contributed by atoms with Gasteiger partial charge in [0.05, 0.1) is 31.1 Å². The third kappa shape index (κ3) is 3.79. The van der Waals surface area contributed by atoms with Gasteiger partial charge in [-0.15, -0.1) is 5.10 Å². The first-order chi connectivity index (χ1) is 15.5. The van der Waals surface area contributed by atoms with Crippen LogP contribution in [0.15, 0.2) is 42.6 Å². The molecule has 2 aromatic heterocycles. The summed E-state index contributed by atoms with van der Waals surface area (Å²) in [6.07, 6.45) is 8.37. The van der Waals surface area contributed by atoms with Crippen molar-refractivity contribution in [2.24, 2.45) is 0 Å². The maximum Gasteiger partial charge on any atom is 0.158 e. The van der Waals surface area contributed by atoms with Crippen LogP contribution in [0.3, 0.4) is 0 Å². The Bertz CT molecular complexity index is 1190. The zero-order valence-corrected chi connectivity index (χ0v) is 19.6. The lowest BCUT2D eigenvalue weighted by Gasteiger charge is -2.26. The van der Waals surface area contributed by atoms with E-state index < -0.39 is 0 Å². The van der Waals surface area contributed by atoms with Gasteiger partial charge in [0.15, 0.2) is 5.82 Å². The topological polar surface area (TPSA) is 64.4 Å². The Morgan fingerprint density at radius 3 is 2.56 bits per heavy atom. The van der Waals surface area contributed by atoms with Crippen LogP contribution in [0, 0.1) is 20.8 Å². The lowest BCUT2D eigenvalue weighted by molar-refractivity contribution is 0.336. The summed E-state index contributed by atoms with van der Waals surface area (Å²) in [5.74, 6) is 2.35. The largest absolute Gasteiger partial charge is 0.494 e. The molecule has 3 aromatic rings. The van der Waals surface area contributed by atoms with Crippen molar-refractivity contribution in [2.45, 2.75) is 33.7 Å². The molecule has 0 fully saturated rings. The van der Waals surface area contributed by atoms with Gasteiger partial charge in [-0.2, -0.15) is 5.10 Å². The predicted octanol–water partition coefficient (Wildman–Crippen LogP) is 4.55. The van der Waals surface area contributed by atoms with E-state index in [1.807, 2.05) is 38.1 Å². The van der Waals surface area contributed by atoms with Crippen molar-refractivity contribution in [1.82, 2.24) is 19.7 Å². The van der Waals surface area contributed by atoms with Crippen LogP contribution in [-0.2, 0) is 0 Å². The van der Waals surface area contributed by atoms with Crippen LogP contribution >= 0.6 is 0 Å². The second kappa shape index (κ2) is 8.94. The number of benzene rings is 1. The maximum atomic E-state index is 5.72. The highest BCUT2D eigenvalue weighted by Gasteiger charge is 2.22. The Hall–Kier alpha value is -3.48. The van der Waals surface area contributed by atoms with E-state index in [0.29, 0.717) is 6.61 Å². The minimum atomic E-state index is 0.257. The Morgan fingerprint density at radius 1 is 1.06 bits per heavy atom. The molecule has 1 aromatic carbocycles. The van der Waals surface area contributed by atoms with Crippen molar-refractivity contribution in [3.8, 4) is 17.2 Å². The lowest BCUT2D eigenvalue weighted by Crippen LogP contribution is -2.33. The van der Waals surface area contributed by atoms with Gasteiger partial charge in [-0.3, -0.25) is 0 Å². The van der Waals surface area contributed by atoms with Gasteiger partial charge in [0.1, 0.15) is 11.5 Å². The molecule has 32 heavy (non-hydrogen) atoms. The van der Waals surface area contributed by atoms with Gasteiger partial charge < -0.3 is 24.3 Å². The van der Waals surface area contributed by atoms with E-state index in [1.165, 1.54) is 0 Å². The fraction of sp³-hybridized carbons (Fsp3) is 0.360.